The van der Waals surface area contributed by atoms with Crippen LogP contribution in [0.5, 0.6) is 11.5 Å². The zero-order chi connectivity index (χ0) is 18.8. The van der Waals surface area contributed by atoms with Crippen LogP contribution < -0.4 is 9.47 Å². The summed E-state index contributed by atoms with van der Waals surface area (Å²) >= 11 is 5.34. The third-order valence-corrected chi connectivity index (χ3v) is 4.94. The molecule has 0 saturated heterocycles. The summed E-state index contributed by atoms with van der Waals surface area (Å²) in [5.74, 6) is 2.00. The number of aromatic nitrogens is 3. The molecule has 4 rings (SSSR count). The van der Waals surface area contributed by atoms with E-state index < -0.39 is 0 Å². The van der Waals surface area contributed by atoms with Crippen LogP contribution in [0.2, 0.25) is 0 Å². The topological polar surface area (TPSA) is 65.6 Å². The molecule has 27 heavy (non-hydrogen) atoms. The highest BCUT2D eigenvalue weighted by Crippen LogP contribution is 2.33. The normalized spacial score (nSPS) is 14.0. The van der Waals surface area contributed by atoms with Crippen molar-refractivity contribution in [2.75, 3.05) is 20.8 Å². The Kier molecular flexibility index (Phi) is 4.91. The lowest BCUT2D eigenvalue weighted by Crippen LogP contribution is -2.32. The van der Waals surface area contributed by atoms with Gasteiger partial charge in [0.05, 0.1) is 26.5 Å². The lowest BCUT2D eigenvalue weighted by atomic mass is 9.99. The molecule has 0 atom stereocenters. The van der Waals surface area contributed by atoms with Crippen LogP contribution in [-0.2, 0) is 19.6 Å². The van der Waals surface area contributed by atoms with Crippen molar-refractivity contribution < 1.29 is 13.9 Å². The van der Waals surface area contributed by atoms with Gasteiger partial charge in [0.25, 0.3) is 4.84 Å². The van der Waals surface area contributed by atoms with Crippen molar-refractivity contribution in [1.82, 2.24) is 19.7 Å². The average Bonchev–Trinajstić information content (AvgIpc) is 3.08. The molecule has 0 spiro atoms. The second-order valence-corrected chi connectivity index (χ2v) is 6.68. The molecule has 3 aromatic rings. The van der Waals surface area contributed by atoms with Gasteiger partial charge in [0.1, 0.15) is 0 Å². The Hall–Kier alpha value is -2.71. The summed E-state index contributed by atoms with van der Waals surface area (Å²) in [4.78, 5) is 6.73. The Labute approximate surface area is 162 Å². The Morgan fingerprint density at radius 3 is 2.67 bits per heavy atom. The lowest BCUT2D eigenvalue weighted by molar-refractivity contribution is 0.185. The van der Waals surface area contributed by atoms with E-state index in [2.05, 4.69) is 21.0 Å². The molecule has 0 fully saturated rings. The number of nitrogens with zero attached hydrogens (tertiary/aromatic N) is 4. The molecule has 8 heteroatoms. The first-order chi connectivity index (χ1) is 13.2. The van der Waals surface area contributed by atoms with Gasteiger partial charge in [-0.2, -0.15) is 0 Å². The zero-order valence-corrected chi connectivity index (χ0v) is 16.0. The van der Waals surface area contributed by atoms with Gasteiger partial charge in [-0.25, -0.2) is 4.68 Å². The van der Waals surface area contributed by atoms with Gasteiger partial charge in [0, 0.05) is 25.5 Å². The lowest BCUT2D eigenvalue weighted by Gasteiger charge is -2.29. The van der Waals surface area contributed by atoms with Crippen LogP contribution in [0.3, 0.4) is 0 Å². The van der Waals surface area contributed by atoms with E-state index in [9.17, 15) is 0 Å². The van der Waals surface area contributed by atoms with Gasteiger partial charge < -0.3 is 13.9 Å². The maximum atomic E-state index is 5.64. The second kappa shape index (κ2) is 7.50. The van der Waals surface area contributed by atoms with Gasteiger partial charge in [-0.05, 0) is 54.0 Å². The maximum absolute atomic E-state index is 5.64. The molecule has 0 saturated carbocycles. The van der Waals surface area contributed by atoms with E-state index in [1.807, 2.05) is 18.2 Å². The molecule has 7 nitrogen and oxygen atoms in total. The third kappa shape index (κ3) is 3.58. The van der Waals surface area contributed by atoms with Crippen LogP contribution in [0.15, 0.2) is 41.1 Å². The molecule has 1 aliphatic heterocycles. The minimum absolute atomic E-state index is 0.354. The molecule has 3 heterocycles. The third-order valence-electron chi connectivity index (χ3n) is 4.65. The molecule has 0 unspecified atom stereocenters. The van der Waals surface area contributed by atoms with Crippen LogP contribution in [0, 0.1) is 4.84 Å². The van der Waals surface area contributed by atoms with Gasteiger partial charge in [0.2, 0.25) is 5.89 Å². The number of hydrogen-bond acceptors (Lipinski definition) is 7. The highest BCUT2D eigenvalue weighted by molar-refractivity contribution is 7.71. The summed E-state index contributed by atoms with van der Waals surface area (Å²) in [5.41, 5.74) is 3.31. The summed E-state index contributed by atoms with van der Waals surface area (Å²) < 4.78 is 18.2. The fourth-order valence-electron chi connectivity index (χ4n) is 3.25. The fourth-order valence-corrected chi connectivity index (χ4v) is 3.43. The Balaban J connectivity index is 1.54. The van der Waals surface area contributed by atoms with Crippen LogP contribution in [-0.4, -0.2) is 40.4 Å². The fraction of sp³-hybridized carbons (Fsp3) is 0.316. The van der Waals surface area contributed by atoms with Crippen molar-refractivity contribution >= 4 is 12.2 Å². The van der Waals surface area contributed by atoms with Gasteiger partial charge in [0.15, 0.2) is 11.5 Å². The van der Waals surface area contributed by atoms with Crippen molar-refractivity contribution in [2.45, 2.75) is 19.6 Å². The first-order valence-electron chi connectivity index (χ1n) is 8.62. The molecule has 0 bridgehead atoms. The van der Waals surface area contributed by atoms with Crippen molar-refractivity contribution in [2.24, 2.45) is 0 Å². The second-order valence-electron chi connectivity index (χ2n) is 6.33. The number of pyridine rings is 1. The van der Waals surface area contributed by atoms with Crippen molar-refractivity contribution in [3.8, 4) is 23.0 Å². The SMILES string of the molecule is COc1cc2c(cc1OC)CN(Cn1nc(-c3cccnc3)oc1=S)CC2. The maximum Gasteiger partial charge on any atom is 0.288 e. The summed E-state index contributed by atoms with van der Waals surface area (Å²) in [6.07, 6.45) is 4.35. The molecule has 0 amide bonds. The minimum Gasteiger partial charge on any atom is -0.493 e. The number of fused-ring (bicyclic) bond motifs is 1. The smallest absolute Gasteiger partial charge is 0.288 e. The van der Waals surface area contributed by atoms with Gasteiger partial charge in [-0.1, -0.05) is 0 Å². The number of benzene rings is 1. The Bertz CT molecular complexity index is 1000. The molecule has 0 aliphatic carbocycles. The minimum atomic E-state index is 0.354. The summed E-state index contributed by atoms with van der Waals surface area (Å²) in [6.45, 7) is 2.25. The predicted molar refractivity (Wildman–Crippen MR) is 102 cm³/mol. The van der Waals surface area contributed by atoms with Gasteiger partial charge in [-0.3, -0.25) is 9.88 Å². The van der Waals surface area contributed by atoms with Crippen molar-refractivity contribution in [3.05, 3.63) is 52.6 Å². The first-order valence-corrected chi connectivity index (χ1v) is 9.03. The molecular formula is C19H20N4O3S. The average molecular weight is 384 g/mol. The van der Waals surface area contributed by atoms with E-state index in [-0.39, 0.29) is 0 Å². The number of ether oxygens (including phenoxy) is 2. The molecule has 140 valence electrons. The van der Waals surface area contributed by atoms with E-state index in [1.165, 1.54) is 11.1 Å². The molecule has 1 aliphatic rings. The van der Waals surface area contributed by atoms with Crippen LogP contribution in [0.4, 0.5) is 0 Å². The van der Waals surface area contributed by atoms with E-state index in [4.69, 9.17) is 26.1 Å². The monoisotopic (exact) mass is 384 g/mol. The predicted octanol–water partition coefficient (Wildman–Crippen LogP) is 3.30. The van der Waals surface area contributed by atoms with Crippen molar-refractivity contribution in [3.63, 3.8) is 0 Å². The Morgan fingerprint density at radius 2 is 1.96 bits per heavy atom. The number of methoxy groups -OCH3 is 2. The number of rotatable bonds is 5. The van der Waals surface area contributed by atoms with Crippen LogP contribution in [0.25, 0.3) is 11.5 Å². The van der Waals surface area contributed by atoms with Crippen LogP contribution in [0.1, 0.15) is 11.1 Å². The van der Waals surface area contributed by atoms with E-state index in [0.29, 0.717) is 17.4 Å². The zero-order valence-electron chi connectivity index (χ0n) is 15.2. The van der Waals surface area contributed by atoms with Crippen LogP contribution >= 0.6 is 12.2 Å². The van der Waals surface area contributed by atoms with Crippen molar-refractivity contribution in [1.29, 1.82) is 0 Å². The highest BCUT2D eigenvalue weighted by Gasteiger charge is 2.20. The molecule has 0 radical (unpaired) electrons. The standard InChI is InChI=1S/C19H20N4O3S/c1-24-16-8-13-5-7-22(11-15(13)9-17(16)25-2)12-23-19(27)26-18(21-23)14-4-3-6-20-10-14/h3-4,6,8-10H,5,7,11-12H2,1-2H3. The summed E-state index contributed by atoms with van der Waals surface area (Å²) in [7, 11) is 3.31. The molecular weight excluding hydrogens is 364 g/mol. The van der Waals surface area contributed by atoms with Gasteiger partial charge in [-0.15, -0.1) is 5.10 Å². The summed E-state index contributed by atoms with van der Waals surface area (Å²) in [6, 6.07) is 7.85. The highest BCUT2D eigenvalue weighted by atomic mass is 32.1. The quantitative estimate of drug-likeness (QED) is 0.625. The molecule has 0 N–H and O–H groups in total. The van der Waals surface area contributed by atoms with E-state index >= 15 is 0 Å². The Morgan fingerprint density at radius 1 is 1.19 bits per heavy atom. The van der Waals surface area contributed by atoms with Gasteiger partial charge >= 0.3 is 0 Å². The first kappa shape index (κ1) is 17.7. The summed E-state index contributed by atoms with van der Waals surface area (Å²) in [5, 5.41) is 4.51. The number of hydrogen-bond donors (Lipinski definition) is 0. The largest absolute Gasteiger partial charge is 0.493 e. The molecule has 1 aromatic carbocycles. The van der Waals surface area contributed by atoms with E-state index in [1.54, 1.807) is 31.3 Å². The van der Waals surface area contributed by atoms with E-state index in [0.717, 1.165) is 36.6 Å². The molecule has 2 aromatic heterocycles.